The summed E-state index contributed by atoms with van der Waals surface area (Å²) in [5.74, 6) is 0.544. The minimum Gasteiger partial charge on any atom is -0.326 e. The van der Waals surface area contributed by atoms with Crippen LogP contribution in [-0.4, -0.2) is 20.9 Å². The molecule has 3 aromatic carbocycles. The van der Waals surface area contributed by atoms with Crippen LogP contribution in [-0.2, 0) is 17.6 Å². The lowest BCUT2D eigenvalue weighted by Crippen LogP contribution is -2.14. The van der Waals surface area contributed by atoms with E-state index in [0.717, 1.165) is 28.2 Å². The molecule has 2 heterocycles. The van der Waals surface area contributed by atoms with Crippen molar-refractivity contribution >= 4 is 44.1 Å². The van der Waals surface area contributed by atoms with Crippen LogP contribution < -0.4 is 10.9 Å². The molecule has 0 aliphatic heterocycles. The van der Waals surface area contributed by atoms with Gasteiger partial charge in [0.1, 0.15) is 5.82 Å². The summed E-state index contributed by atoms with van der Waals surface area (Å²) in [5.41, 5.74) is 3.48. The first-order valence-electron chi connectivity index (χ1n) is 10.9. The van der Waals surface area contributed by atoms with Crippen molar-refractivity contribution in [1.29, 1.82) is 0 Å². The molecule has 5 aromatic rings. The number of anilines is 1. The molecule has 164 valence electrons. The number of hydrogen-bond donors (Lipinski definition) is 2. The topological polar surface area (TPSA) is 87.7 Å². The smallest absolute Gasteiger partial charge is 0.258 e. The van der Waals surface area contributed by atoms with Crippen LogP contribution in [0.3, 0.4) is 0 Å². The quantitative estimate of drug-likeness (QED) is 0.359. The molecule has 7 heteroatoms. The summed E-state index contributed by atoms with van der Waals surface area (Å²) < 4.78 is 1.19. The third kappa shape index (κ3) is 4.99. The number of nitrogens with zero attached hydrogens (tertiary/aromatic N) is 2. The molecule has 0 saturated carbocycles. The monoisotopic (exact) mass is 454 g/mol. The summed E-state index contributed by atoms with van der Waals surface area (Å²) in [7, 11) is 0. The van der Waals surface area contributed by atoms with Gasteiger partial charge in [0.15, 0.2) is 0 Å². The van der Waals surface area contributed by atoms with Gasteiger partial charge in [0, 0.05) is 24.9 Å². The molecule has 0 aliphatic rings. The molecule has 0 fully saturated rings. The number of H-pyrrole nitrogens is 1. The number of benzene rings is 3. The van der Waals surface area contributed by atoms with E-state index < -0.39 is 0 Å². The van der Waals surface area contributed by atoms with Gasteiger partial charge in [-0.2, -0.15) is 0 Å². The van der Waals surface area contributed by atoms with Crippen LogP contribution in [0.15, 0.2) is 77.6 Å². The predicted octanol–water partition coefficient (Wildman–Crippen LogP) is 5.09. The van der Waals surface area contributed by atoms with Gasteiger partial charge in [-0.05, 0) is 48.4 Å². The first-order chi connectivity index (χ1) is 16.1. The molecule has 0 spiro atoms. The van der Waals surface area contributed by atoms with Crippen LogP contribution in [0.1, 0.15) is 29.2 Å². The van der Waals surface area contributed by atoms with Crippen LogP contribution in [0, 0.1) is 0 Å². The van der Waals surface area contributed by atoms with Gasteiger partial charge in [-0.3, -0.25) is 9.59 Å². The molecule has 5 rings (SSSR count). The third-order valence-electron chi connectivity index (χ3n) is 5.41. The number of nitrogens with one attached hydrogen (secondary N) is 2. The normalized spacial score (nSPS) is 11.2. The molecule has 0 aliphatic carbocycles. The SMILES string of the molecule is O=C(CCCc1nc2ccccc2c(=O)[nH]1)Nc1ccc(Cc2nc3ccccc3s2)cc1. The van der Waals surface area contributed by atoms with Crippen LogP contribution in [0.5, 0.6) is 0 Å². The van der Waals surface area contributed by atoms with E-state index in [1.165, 1.54) is 4.70 Å². The molecule has 2 N–H and O–H groups in total. The van der Waals surface area contributed by atoms with Crippen molar-refractivity contribution in [3.63, 3.8) is 0 Å². The molecule has 6 nitrogen and oxygen atoms in total. The first kappa shape index (κ1) is 21.0. The number of hydrogen-bond acceptors (Lipinski definition) is 5. The number of carbonyl (C=O) groups excluding carboxylic acids is 1. The predicted molar refractivity (Wildman–Crippen MR) is 133 cm³/mol. The molecule has 2 aromatic heterocycles. The molecule has 0 bridgehead atoms. The minimum atomic E-state index is -0.147. The highest BCUT2D eigenvalue weighted by Crippen LogP contribution is 2.24. The summed E-state index contributed by atoms with van der Waals surface area (Å²) >= 11 is 1.71. The highest BCUT2D eigenvalue weighted by molar-refractivity contribution is 7.18. The Morgan fingerprint density at radius 3 is 2.48 bits per heavy atom. The molecule has 0 unspecified atom stereocenters. The molecule has 0 atom stereocenters. The second kappa shape index (κ2) is 9.34. The average molecular weight is 455 g/mol. The fraction of sp³-hybridized carbons (Fsp3) is 0.154. The maximum Gasteiger partial charge on any atom is 0.258 e. The van der Waals surface area contributed by atoms with E-state index in [0.29, 0.717) is 36.0 Å². The van der Waals surface area contributed by atoms with Gasteiger partial charge >= 0.3 is 0 Å². The van der Waals surface area contributed by atoms with Gasteiger partial charge in [0.25, 0.3) is 5.56 Å². The number of carbonyl (C=O) groups is 1. The number of para-hydroxylation sites is 2. The van der Waals surface area contributed by atoms with E-state index >= 15 is 0 Å². The second-order valence-electron chi connectivity index (χ2n) is 7.88. The maximum atomic E-state index is 12.3. The van der Waals surface area contributed by atoms with Gasteiger partial charge < -0.3 is 10.3 Å². The molecular formula is C26H22N4O2S. The Labute approximate surface area is 194 Å². The number of fused-ring (bicyclic) bond motifs is 2. The van der Waals surface area contributed by atoms with Crippen LogP contribution in [0.4, 0.5) is 5.69 Å². The van der Waals surface area contributed by atoms with Crippen LogP contribution >= 0.6 is 11.3 Å². The minimum absolute atomic E-state index is 0.0583. The zero-order valence-electron chi connectivity index (χ0n) is 17.9. The van der Waals surface area contributed by atoms with Crippen molar-refractivity contribution in [1.82, 2.24) is 15.0 Å². The zero-order valence-corrected chi connectivity index (χ0v) is 18.7. The number of aromatic amines is 1. The molecule has 0 saturated heterocycles. The van der Waals surface area contributed by atoms with Gasteiger partial charge in [0.05, 0.1) is 26.1 Å². The molecule has 33 heavy (non-hydrogen) atoms. The Morgan fingerprint density at radius 1 is 0.909 bits per heavy atom. The summed E-state index contributed by atoms with van der Waals surface area (Å²) in [6.45, 7) is 0. The summed E-state index contributed by atoms with van der Waals surface area (Å²) in [5, 5.41) is 4.59. The zero-order chi connectivity index (χ0) is 22.6. The number of aryl methyl sites for hydroxylation is 1. The van der Waals surface area contributed by atoms with E-state index in [2.05, 4.69) is 26.3 Å². The van der Waals surface area contributed by atoms with E-state index in [9.17, 15) is 9.59 Å². The van der Waals surface area contributed by atoms with Crippen molar-refractivity contribution in [3.8, 4) is 0 Å². The fourth-order valence-corrected chi connectivity index (χ4v) is 4.77. The Bertz CT molecular complexity index is 1460. The second-order valence-corrected chi connectivity index (χ2v) is 9.00. The van der Waals surface area contributed by atoms with E-state index in [1.54, 1.807) is 17.4 Å². The Kier molecular flexibility index (Phi) is 5.95. The van der Waals surface area contributed by atoms with Crippen molar-refractivity contribution in [2.24, 2.45) is 0 Å². The van der Waals surface area contributed by atoms with Crippen molar-refractivity contribution in [2.75, 3.05) is 5.32 Å². The number of aromatic nitrogens is 3. The van der Waals surface area contributed by atoms with Crippen molar-refractivity contribution in [3.05, 3.63) is 99.5 Å². The molecule has 1 amide bonds. The summed E-state index contributed by atoms with van der Waals surface area (Å²) in [6, 6.07) is 23.3. The van der Waals surface area contributed by atoms with Crippen LogP contribution in [0.2, 0.25) is 0 Å². The largest absolute Gasteiger partial charge is 0.326 e. The Balaban J connectivity index is 1.14. The van der Waals surface area contributed by atoms with E-state index in [-0.39, 0.29) is 11.5 Å². The Morgan fingerprint density at radius 2 is 1.67 bits per heavy atom. The first-order valence-corrected chi connectivity index (χ1v) is 11.7. The third-order valence-corrected chi connectivity index (χ3v) is 6.45. The lowest BCUT2D eigenvalue weighted by Gasteiger charge is -2.07. The summed E-state index contributed by atoms with van der Waals surface area (Å²) in [4.78, 5) is 36.5. The van der Waals surface area contributed by atoms with Gasteiger partial charge in [-0.1, -0.05) is 36.4 Å². The molecule has 0 radical (unpaired) electrons. The van der Waals surface area contributed by atoms with Crippen molar-refractivity contribution < 1.29 is 4.79 Å². The Hall–Kier alpha value is -3.84. The number of amides is 1. The lowest BCUT2D eigenvalue weighted by molar-refractivity contribution is -0.116. The van der Waals surface area contributed by atoms with Crippen molar-refractivity contribution in [2.45, 2.75) is 25.7 Å². The fourth-order valence-electron chi connectivity index (χ4n) is 3.77. The van der Waals surface area contributed by atoms with Gasteiger partial charge in [-0.15, -0.1) is 11.3 Å². The summed E-state index contributed by atoms with van der Waals surface area (Å²) in [6.07, 6.45) is 2.26. The lowest BCUT2D eigenvalue weighted by atomic mass is 10.1. The maximum absolute atomic E-state index is 12.3. The highest BCUT2D eigenvalue weighted by atomic mass is 32.1. The van der Waals surface area contributed by atoms with E-state index in [1.807, 2.05) is 60.7 Å². The highest BCUT2D eigenvalue weighted by Gasteiger charge is 2.08. The van der Waals surface area contributed by atoms with Gasteiger partial charge in [-0.25, -0.2) is 9.97 Å². The number of thiazole rings is 1. The average Bonchev–Trinajstić information content (AvgIpc) is 3.23. The van der Waals surface area contributed by atoms with E-state index in [4.69, 9.17) is 0 Å². The molecular weight excluding hydrogens is 432 g/mol. The van der Waals surface area contributed by atoms with Gasteiger partial charge in [0.2, 0.25) is 5.91 Å². The van der Waals surface area contributed by atoms with Crippen LogP contribution in [0.25, 0.3) is 21.1 Å². The standard InChI is InChI=1S/C26H22N4O2S/c31-24(11-5-10-23-28-20-7-2-1-6-19(20)26(32)30-23)27-18-14-12-17(13-15-18)16-25-29-21-8-3-4-9-22(21)33-25/h1-4,6-9,12-15H,5,10-11,16H2,(H,27,31)(H,28,30,32). The number of rotatable bonds is 7.